The molecular weight excluding hydrogens is 497 g/mol. The molecule has 5 heterocycles. The third-order valence-electron chi connectivity index (χ3n) is 5.71. The maximum atomic E-state index is 13.2. The van der Waals surface area contributed by atoms with Crippen LogP contribution in [0, 0.1) is 13.8 Å². The van der Waals surface area contributed by atoms with E-state index in [2.05, 4.69) is 25.5 Å². The first-order valence-electron chi connectivity index (χ1n) is 10.4. The minimum absolute atomic E-state index is 0.0143. The number of anilines is 1. The number of hydrogen-bond donors (Lipinski definition) is 2. The normalized spacial score (nSPS) is 11.9. The summed E-state index contributed by atoms with van der Waals surface area (Å²) in [5, 5.41) is 11.4. The first-order valence-corrected chi connectivity index (χ1v) is 11.2. The molecular formula is C22H17F3N8O2S. The summed E-state index contributed by atoms with van der Waals surface area (Å²) in [7, 11) is 1.80. The van der Waals surface area contributed by atoms with Crippen LogP contribution in [0.4, 0.5) is 18.9 Å². The maximum Gasteiger partial charge on any atom is 0.433 e. The Balaban J connectivity index is 1.59. The molecule has 0 spiro atoms. The molecule has 184 valence electrons. The molecule has 0 bridgehead atoms. The summed E-state index contributed by atoms with van der Waals surface area (Å²) in [5.74, 6) is -1.61. The van der Waals surface area contributed by atoms with Gasteiger partial charge in [-0.25, -0.2) is 14.5 Å². The van der Waals surface area contributed by atoms with E-state index in [1.54, 1.807) is 30.2 Å². The number of amides is 2. The Kier molecular flexibility index (Phi) is 5.28. The van der Waals surface area contributed by atoms with E-state index >= 15 is 0 Å². The van der Waals surface area contributed by atoms with E-state index < -0.39 is 23.7 Å². The second-order valence-electron chi connectivity index (χ2n) is 8.02. The summed E-state index contributed by atoms with van der Waals surface area (Å²) < 4.78 is 42.9. The van der Waals surface area contributed by atoms with Gasteiger partial charge in [-0.15, -0.1) is 11.3 Å². The zero-order valence-corrected chi connectivity index (χ0v) is 19.8. The molecule has 0 fully saturated rings. The van der Waals surface area contributed by atoms with Crippen LogP contribution in [-0.2, 0) is 13.2 Å². The Morgan fingerprint density at radius 2 is 1.94 bits per heavy atom. The van der Waals surface area contributed by atoms with Crippen molar-refractivity contribution in [1.82, 2.24) is 29.4 Å². The van der Waals surface area contributed by atoms with Gasteiger partial charge in [-0.2, -0.15) is 23.4 Å². The Labute approximate surface area is 204 Å². The largest absolute Gasteiger partial charge is 0.433 e. The molecule has 0 saturated heterocycles. The number of primary amides is 1. The van der Waals surface area contributed by atoms with Gasteiger partial charge in [0.25, 0.3) is 11.8 Å². The average molecular weight is 514 g/mol. The number of carbonyl (C=O) groups excluding carboxylic acids is 2. The molecule has 0 unspecified atom stereocenters. The molecule has 0 aromatic carbocycles. The predicted molar refractivity (Wildman–Crippen MR) is 126 cm³/mol. The first kappa shape index (κ1) is 23.4. The highest BCUT2D eigenvalue weighted by Crippen LogP contribution is 2.40. The number of nitrogens with zero attached hydrogens (tertiary/aromatic N) is 6. The lowest BCUT2D eigenvalue weighted by molar-refractivity contribution is -0.141. The Hall–Kier alpha value is -4.33. The van der Waals surface area contributed by atoms with E-state index in [1.807, 2.05) is 6.92 Å². The fourth-order valence-electron chi connectivity index (χ4n) is 3.86. The number of carbonyl (C=O) groups is 2. The third kappa shape index (κ3) is 3.75. The van der Waals surface area contributed by atoms with Gasteiger partial charge in [0.2, 0.25) is 0 Å². The molecule has 10 nitrogen and oxygen atoms in total. The number of fused-ring (bicyclic) bond motifs is 2. The van der Waals surface area contributed by atoms with Gasteiger partial charge >= 0.3 is 6.18 Å². The SMILES string of the molecule is Cc1cc(C(F)(F)F)nc2sc(C(N)=O)c(NC(=O)c3cc4nccc(-c5cnn(C)c5C)n4n3)c12. The topological polar surface area (TPSA) is 133 Å². The van der Waals surface area contributed by atoms with Crippen molar-refractivity contribution in [3.63, 3.8) is 0 Å². The van der Waals surface area contributed by atoms with Crippen LogP contribution >= 0.6 is 11.3 Å². The van der Waals surface area contributed by atoms with Crippen molar-refractivity contribution in [2.75, 3.05) is 5.32 Å². The van der Waals surface area contributed by atoms with E-state index in [4.69, 9.17) is 5.73 Å². The lowest BCUT2D eigenvalue weighted by Crippen LogP contribution is -2.17. The number of halogens is 3. The lowest BCUT2D eigenvalue weighted by atomic mass is 10.1. The molecule has 14 heteroatoms. The Morgan fingerprint density at radius 1 is 1.19 bits per heavy atom. The smallest absolute Gasteiger partial charge is 0.365 e. The molecule has 5 aromatic rings. The van der Waals surface area contributed by atoms with Crippen LogP contribution in [0.25, 0.3) is 27.1 Å². The van der Waals surface area contributed by atoms with Crippen molar-refractivity contribution >= 4 is 44.7 Å². The number of aromatic nitrogens is 6. The Morgan fingerprint density at radius 3 is 2.58 bits per heavy atom. The molecule has 0 aliphatic rings. The van der Waals surface area contributed by atoms with Gasteiger partial charge in [0, 0.05) is 36.0 Å². The average Bonchev–Trinajstić information content (AvgIpc) is 3.49. The van der Waals surface area contributed by atoms with E-state index in [-0.39, 0.29) is 32.0 Å². The van der Waals surface area contributed by atoms with Gasteiger partial charge in [0.05, 0.1) is 17.6 Å². The molecule has 0 atom stereocenters. The minimum atomic E-state index is -4.67. The number of alkyl halides is 3. The Bertz CT molecular complexity index is 1700. The fraction of sp³-hybridized carbons (Fsp3) is 0.182. The van der Waals surface area contributed by atoms with Crippen molar-refractivity contribution < 1.29 is 22.8 Å². The quantitative estimate of drug-likeness (QED) is 0.376. The summed E-state index contributed by atoms with van der Waals surface area (Å²) in [6.45, 7) is 3.32. The van der Waals surface area contributed by atoms with Gasteiger partial charge < -0.3 is 11.1 Å². The van der Waals surface area contributed by atoms with Crippen LogP contribution < -0.4 is 11.1 Å². The fourth-order valence-corrected chi connectivity index (χ4v) is 4.92. The van der Waals surface area contributed by atoms with E-state index in [9.17, 15) is 22.8 Å². The molecule has 5 rings (SSSR count). The van der Waals surface area contributed by atoms with Crippen LogP contribution in [0.5, 0.6) is 0 Å². The van der Waals surface area contributed by atoms with Crippen LogP contribution in [0.3, 0.4) is 0 Å². The zero-order chi connectivity index (χ0) is 25.9. The van der Waals surface area contributed by atoms with Gasteiger partial charge in [-0.05, 0) is 31.5 Å². The number of pyridine rings is 1. The van der Waals surface area contributed by atoms with Crippen LogP contribution in [-0.4, -0.2) is 41.2 Å². The van der Waals surface area contributed by atoms with Crippen molar-refractivity contribution in [2.24, 2.45) is 12.8 Å². The highest BCUT2D eigenvalue weighted by Gasteiger charge is 2.34. The summed E-state index contributed by atoms with van der Waals surface area (Å²) in [6.07, 6.45) is -1.43. The standard InChI is InChI=1S/C22H17F3N8O2S/c1-9-6-14(22(23,24)25)29-21-16(9)17(18(36-21)19(26)34)30-20(35)12-7-15-27-5-4-13(33(15)31-12)11-8-28-32(3)10(11)2/h4-8H,1-3H3,(H2,26,34)(H,30,35). The molecule has 3 N–H and O–H groups in total. The molecule has 2 amide bonds. The molecule has 0 aliphatic carbocycles. The summed E-state index contributed by atoms with van der Waals surface area (Å²) in [5.41, 5.74) is 7.21. The molecule has 36 heavy (non-hydrogen) atoms. The van der Waals surface area contributed by atoms with Crippen LogP contribution in [0.15, 0.2) is 30.6 Å². The minimum Gasteiger partial charge on any atom is -0.365 e. The van der Waals surface area contributed by atoms with Crippen molar-refractivity contribution in [2.45, 2.75) is 20.0 Å². The first-order chi connectivity index (χ1) is 17.0. The van der Waals surface area contributed by atoms with Crippen LogP contribution in [0.1, 0.15) is 37.1 Å². The maximum absolute atomic E-state index is 13.2. The van der Waals surface area contributed by atoms with E-state index in [0.717, 1.165) is 17.3 Å². The second-order valence-corrected chi connectivity index (χ2v) is 9.02. The number of thiophene rings is 1. The number of nitrogens with two attached hydrogens (primary N) is 1. The van der Waals surface area contributed by atoms with E-state index in [0.29, 0.717) is 22.7 Å². The highest BCUT2D eigenvalue weighted by atomic mass is 32.1. The molecule has 0 saturated carbocycles. The number of nitrogens with one attached hydrogen (secondary N) is 1. The third-order valence-corrected chi connectivity index (χ3v) is 6.81. The number of hydrogen-bond acceptors (Lipinski definition) is 7. The van der Waals surface area contributed by atoms with E-state index in [1.165, 1.54) is 17.5 Å². The predicted octanol–water partition coefficient (Wildman–Crippen LogP) is 3.73. The molecule has 0 radical (unpaired) electrons. The van der Waals surface area contributed by atoms with Crippen molar-refractivity contribution in [3.05, 3.63) is 58.1 Å². The summed E-state index contributed by atoms with van der Waals surface area (Å²) in [4.78, 5) is 32.9. The monoisotopic (exact) mass is 514 g/mol. The summed E-state index contributed by atoms with van der Waals surface area (Å²) in [6, 6.07) is 4.04. The number of aryl methyl sites for hydroxylation is 2. The van der Waals surface area contributed by atoms with Crippen molar-refractivity contribution in [3.8, 4) is 11.3 Å². The lowest BCUT2D eigenvalue weighted by Gasteiger charge is -2.09. The molecule has 5 aromatic heterocycles. The molecule has 0 aliphatic heterocycles. The van der Waals surface area contributed by atoms with Crippen molar-refractivity contribution in [1.29, 1.82) is 0 Å². The zero-order valence-electron chi connectivity index (χ0n) is 19.0. The number of rotatable bonds is 4. The summed E-state index contributed by atoms with van der Waals surface area (Å²) >= 11 is 0.675. The van der Waals surface area contributed by atoms with Gasteiger partial charge in [-0.3, -0.25) is 14.3 Å². The van der Waals surface area contributed by atoms with Crippen LogP contribution in [0.2, 0.25) is 0 Å². The van der Waals surface area contributed by atoms with Gasteiger partial charge in [0.1, 0.15) is 15.4 Å². The second kappa shape index (κ2) is 8.12. The van der Waals surface area contributed by atoms with Gasteiger partial charge in [0.15, 0.2) is 11.3 Å². The van der Waals surface area contributed by atoms with Gasteiger partial charge in [-0.1, -0.05) is 0 Å². The highest BCUT2D eigenvalue weighted by molar-refractivity contribution is 7.21.